The number of benzene rings is 1. The Kier molecular flexibility index (Phi) is 7.42. The number of hydrogen-bond donors (Lipinski definition) is 0. The van der Waals surface area contributed by atoms with Crippen LogP contribution in [-0.4, -0.2) is 47.4 Å². The normalized spacial score (nSPS) is 17.9. The van der Waals surface area contributed by atoms with Crippen LogP contribution in [0.2, 0.25) is 0 Å². The predicted molar refractivity (Wildman–Crippen MR) is 133 cm³/mol. The minimum atomic E-state index is -0.126. The topological polar surface area (TPSA) is 49.9 Å². The highest BCUT2D eigenvalue weighted by molar-refractivity contribution is 7.10. The van der Waals surface area contributed by atoms with Gasteiger partial charge in [0.15, 0.2) is 0 Å². The van der Waals surface area contributed by atoms with Gasteiger partial charge in [-0.2, -0.15) is 0 Å². The van der Waals surface area contributed by atoms with E-state index in [0.29, 0.717) is 31.4 Å². The van der Waals surface area contributed by atoms with Crippen LogP contribution in [0.25, 0.3) is 0 Å². The first-order valence-electron chi connectivity index (χ1n) is 12.2. The van der Waals surface area contributed by atoms with Gasteiger partial charge in [-0.15, -0.1) is 11.3 Å². The van der Waals surface area contributed by atoms with Gasteiger partial charge in [-0.05, 0) is 65.8 Å². The summed E-state index contributed by atoms with van der Waals surface area (Å²) >= 11 is 1.75. The second-order valence-electron chi connectivity index (χ2n) is 10.0. The molecule has 1 atom stereocenters. The standard InChI is InChI=1S/C27H36N2O3S/c1-18(2)15-26(30)29(21-7-8-21)16-27(31)28-13-11-25-23(12-14-33-25)24(28)17-32-22-9-5-20(6-10-22)19(3)4/h5-6,9-10,12,14,18-19,21,24H,7-8,11,13,15-17H2,1-4H3/t24-/m1/s1. The minimum absolute atomic E-state index is 0.0274. The maximum atomic E-state index is 13.5. The molecule has 1 saturated carbocycles. The van der Waals surface area contributed by atoms with Crippen LogP contribution in [0.5, 0.6) is 5.75 Å². The number of thiophene rings is 1. The predicted octanol–water partition coefficient (Wildman–Crippen LogP) is 5.41. The molecule has 1 aliphatic heterocycles. The zero-order valence-corrected chi connectivity index (χ0v) is 21.1. The second-order valence-corrected chi connectivity index (χ2v) is 11.0. The summed E-state index contributed by atoms with van der Waals surface area (Å²) in [7, 11) is 0. The first-order valence-corrected chi connectivity index (χ1v) is 13.1. The maximum Gasteiger partial charge on any atom is 0.242 e. The summed E-state index contributed by atoms with van der Waals surface area (Å²) < 4.78 is 6.18. The highest BCUT2D eigenvalue weighted by Crippen LogP contribution is 2.35. The molecule has 6 heteroatoms. The summed E-state index contributed by atoms with van der Waals surface area (Å²) in [5.41, 5.74) is 2.47. The molecule has 0 bridgehead atoms. The molecule has 178 valence electrons. The Labute approximate surface area is 201 Å². The molecule has 0 N–H and O–H groups in total. The van der Waals surface area contributed by atoms with E-state index in [-0.39, 0.29) is 30.4 Å². The van der Waals surface area contributed by atoms with Gasteiger partial charge >= 0.3 is 0 Å². The number of carbonyl (C=O) groups is 2. The van der Waals surface area contributed by atoms with Gasteiger partial charge in [-0.1, -0.05) is 39.8 Å². The lowest BCUT2D eigenvalue weighted by Gasteiger charge is -2.37. The number of ether oxygens (including phenoxy) is 1. The molecule has 1 aromatic heterocycles. The van der Waals surface area contributed by atoms with Gasteiger partial charge < -0.3 is 14.5 Å². The number of hydrogen-bond acceptors (Lipinski definition) is 4. The SMILES string of the molecule is CC(C)CC(=O)N(CC(=O)N1CCc2sccc2[C@H]1COc1ccc(C(C)C)cc1)C1CC1. The van der Waals surface area contributed by atoms with Gasteiger partial charge in [-0.25, -0.2) is 0 Å². The van der Waals surface area contributed by atoms with Crippen LogP contribution in [0.15, 0.2) is 35.7 Å². The molecule has 33 heavy (non-hydrogen) atoms. The van der Waals surface area contributed by atoms with E-state index in [9.17, 15) is 9.59 Å². The Balaban J connectivity index is 1.47. The third-order valence-electron chi connectivity index (χ3n) is 6.57. The fourth-order valence-corrected chi connectivity index (χ4v) is 5.44. The van der Waals surface area contributed by atoms with Crippen molar-refractivity contribution in [2.24, 2.45) is 5.92 Å². The average molecular weight is 469 g/mol. The van der Waals surface area contributed by atoms with E-state index >= 15 is 0 Å². The van der Waals surface area contributed by atoms with Crippen molar-refractivity contribution < 1.29 is 14.3 Å². The van der Waals surface area contributed by atoms with Crippen molar-refractivity contribution in [3.63, 3.8) is 0 Å². The van der Waals surface area contributed by atoms with Crippen LogP contribution in [0.3, 0.4) is 0 Å². The maximum absolute atomic E-state index is 13.5. The molecule has 1 fully saturated rings. The van der Waals surface area contributed by atoms with Crippen molar-refractivity contribution in [1.29, 1.82) is 0 Å². The van der Waals surface area contributed by atoms with Gasteiger partial charge in [-0.3, -0.25) is 9.59 Å². The number of carbonyl (C=O) groups excluding carboxylic acids is 2. The number of fused-ring (bicyclic) bond motifs is 1. The zero-order valence-electron chi connectivity index (χ0n) is 20.3. The highest BCUT2D eigenvalue weighted by atomic mass is 32.1. The molecule has 2 heterocycles. The first-order chi connectivity index (χ1) is 15.8. The molecule has 1 aromatic carbocycles. The Bertz CT molecular complexity index is 962. The summed E-state index contributed by atoms with van der Waals surface area (Å²) in [6.45, 7) is 9.72. The van der Waals surface area contributed by atoms with Crippen LogP contribution in [0.1, 0.15) is 74.9 Å². The molecule has 0 spiro atoms. The molecule has 1 aliphatic carbocycles. The lowest BCUT2D eigenvalue weighted by atomic mass is 10.00. The van der Waals surface area contributed by atoms with E-state index in [1.807, 2.05) is 21.9 Å². The smallest absolute Gasteiger partial charge is 0.242 e. The number of amides is 2. The Morgan fingerprint density at radius 3 is 2.48 bits per heavy atom. The van der Waals surface area contributed by atoms with Crippen LogP contribution in [0, 0.1) is 5.92 Å². The molecule has 2 aromatic rings. The van der Waals surface area contributed by atoms with Gasteiger partial charge in [0.2, 0.25) is 11.8 Å². The van der Waals surface area contributed by atoms with Gasteiger partial charge in [0.25, 0.3) is 0 Å². The second kappa shape index (κ2) is 10.3. The van der Waals surface area contributed by atoms with E-state index < -0.39 is 0 Å². The average Bonchev–Trinajstić information content (AvgIpc) is 3.50. The molecule has 0 radical (unpaired) electrons. The van der Waals surface area contributed by atoms with Gasteiger partial charge in [0.1, 0.15) is 18.9 Å². The van der Waals surface area contributed by atoms with Crippen molar-refractivity contribution in [3.05, 3.63) is 51.7 Å². The Morgan fingerprint density at radius 2 is 1.85 bits per heavy atom. The quantitative estimate of drug-likeness (QED) is 0.494. The summed E-state index contributed by atoms with van der Waals surface area (Å²) in [5, 5.41) is 2.10. The fourth-order valence-electron chi connectivity index (χ4n) is 4.51. The van der Waals surface area contributed by atoms with Crippen molar-refractivity contribution in [3.8, 4) is 5.75 Å². The fraction of sp³-hybridized carbons (Fsp3) is 0.556. The van der Waals surface area contributed by atoms with Crippen LogP contribution < -0.4 is 4.74 Å². The van der Waals surface area contributed by atoms with Crippen molar-refractivity contribution in [1.82, 2.24) is 9.80 Å². The lowest BCUT2D eigenvalue weighted by Crippen LogP contribution is -2.48. The van der Waals surface area contributed by atoms with Crippen LogP contribution >= 0.6 is 11.3 Å². The third kappa shape index (κ3) is 5.78. The number of nitrogens with zero attached hydrogens (tertiary/aromatic N) is 2. The summed E-state index contributed by atoms with van der Waals surface area (Å²) in [6, 6.07) is 10.5. The molecular weight excluding hydrogens is 432 g/mol. The van der Waals surface area contributed by atoms with Gasteiger partial charge in [0, 0.05) is 23.9 Å². The highest BCUT2D eigenvalue weighted by Gasteiger charge is 2.37. The minimum Gasteiger partial charge on any atom is -0.491 e. The van der Waals surface area contributed by atoms with Crippen LogP contribution in [-0.2, 0) is 16.0 Å². The van der Waals surface area contributed by atoms with E-state index in [2.05, 4.69) is 51.3 Å². The lowest BCUT2D eigenvalue weighted by molar-refractivity contribution is -0.143. The number of rotatable bonds is 9. The Morgan fingerprint density at radius 1 is 1.12 bits per heavy atom. The first kappa shape index (κ1) is 23.8. The monoisotopic (exact) mass is 468 g/mol. The third-order valence-corrected chi connectivity index (χ3v) is 7.56. The molecule has 0 unspecified atom stereocenters. The van der Waals surface area contributed by atoms with Gasteiger partial charge in [0.05, 0.1) is 6.04 Å². The van der Waals surface area contributed by atoms with E-state index in [0.717, 1.165) is 25.0 Å². The summed E-state index contributed by atoms with van der Waals surface area (Å²) in [5.74, 6) is 1.72. The molecule has 0 saturated heterocycles. The largest absolute Gasteiger partial charge is 0.491 e. The van der Waals surface area contributed by atoms with E-state index in [4.69, 9.17) is 4.74 Å². The Hall–Kier alpha value is -2.34. The molecular formula is C27H36N2O3S. The van der Waals surface area contributed by atoms with E-state index in [1.54, 1.807) is 11.3 Å². The molecule has 2 aliphatic rings. The van der Waals surface area contributed by atoms with Crippen molar-refractivity contribution >= 4 is 23.2 Å². The molecule has 5 nitrogen and oxygen atoms in total. The van der Waals surface area contributed by atoms with Crippen molar-refractivity contribution in [2.45, 2.75) is 71.4 Å². The van der Waals surface area contributed by atoms with Crippen LogP contribution in [0.4, 0.5) is 0 Å². The zero-order chi connectivity index (χ0) is 23.5. The van der Waals surface area contributed by atoms with Crippen molar-refractivity contribution in [2.75, 3.05) is 19.7 Å². The summed E-state index contributed by atoms with van der Waals surface area (Å²) in [6.07, 6.45) is 3.37. The van der Waals surface area contributed by atoms with E-state index in [1.165, 1.54) is 16.0 Å². The summed E-state index contributed by atoms with van der Waals surface area (Å²) in [4.78, 5) is 31.4. The molecule has 2 amide bonds. The molecule has 4 rings (SSSR count).